The van der Waals surface area contributed by atoms with Crippen LogP contribution in [0.5, 0.6) is 0 Å². The van der Waals surface area contributed by atoms with E-state index in [2.05, 4.69) is 5.32 Å². The zero-order valence-electron chi connectivity index (χ0n) is 18.1. The van der Waals surface area contributed by atoms with E-state index in [-0.39, 0.29) is 11.7 Å². The van der Waals surface area contributed by atoms with Crippen LogP contribution in [0.15, 0.2) is 66.4 Å². The predicted molar refractivity (Wildman–Crippen MR) is 122 cm³/mol. The number of aromatic nitrogens is 1. The highest BCUT2D eigenvalue weighted by molar-refractivity contribution is 6.28. The fraction of sp³-hybridized carbons (Fsp3) is 0.160. The van der Waals surface area contributed by atoms with Crippen LogP contribution in [0.25, 0.3) is 11.8 Å². The van der Waals surface area contributed by atoms with Crippen molar-refractivity contribution in [2.75, 3.05) is 11.5 Å². The average Bonchev–Trinajstić information content (AvgIpc) is 3.23. The van der Waals surface area contributed by atoms with E-state index in [9.17, 15) is 14.4 Å². The van der Waals surface area contributed by atoms with Crippen molar-refractivity contribution in [1.29, 1.82) is 0 Å². The average molecular weight is 429 g/mol. The van der Waals surface area contributed by atoms with E-state index in [0.717, 1.165) is 27.5 Å². The number of esters is 1. The number of nitrogens with one attached hydrogen (secondary N) is 1. The van der Waals surface area contributed by atoms with Crippen molar-refractivity contribution in [3.8, 4) is 5.69 Å². The monoisotopic (exact) mass is 429 g/mol. The summed E-state index contributed by atoms with van der Waals surface area (Å²) in [6.45, 7) is 5.99. The third-order valence-electron chi connectivity index (χ3n) is 5.30. The molecule has 1 aliphatic heterocycles. The molecule has 7 heteroatoms. The molecule has 0 atom stereocenters. The lowest BCUT2D eigenvalue weighted by atomic mass is 10.2. The first-order chi connectivity index (χ1) is 15.4. The Morgan fingerprint density at radius 2 is 1.69 bits per heavy atom. The molecule has 0 saturated carbocycles. The van der Waals surface area contributed by atoms with Gasteiger partial charge >= 0.3 is 12.0 Å². The van der Waals surface area contributed by atoms with Crippen LogP contribution in [0.1, 0.15) is 34.2 Å². The lowest BCUT2D eigenvalue weighted by molar-refractivity contribution is -0.113. The Labute approximate surface area is 185 Å². The molecule has 162 valence electrons. The van der Waals surface area contributed by atoms with Gasteiger partial charge in [0.15, 0.2) is 0 Å². The van der Waals surface area contributed by atoms with Crippen LogP contribution < -0.4 is 10.2 Å². The maximum Gasteiger partial charge on any atom is 0.338 e. The number of hydrogen-bond acceptors (Lipinski definition) is 4. The third-order valence-corrected chi connectivity index (χ3v) is 5.30. The minimum atomic E-state index is -0.476. The topological polar surface area (TPSA) is 80.6 Å². The highest BCUT2D eigenvalue weighted by atomic mass is 16.5. The molecule has 0 unspecified atom stereocenters. The number of benzene rings is 2. The van der Waals surface area contributed by atoms with Crippen molar-refractivity contribution in [2.45, 2.75) is 20.8 Å². The molecule has 0 aliphatic carbocycles. The number of ether oxygens (including phenoxy) is 1. The summed E-state index contributed by atoms with van der Waals surface area (Å²) in [4.78, 5) is 38.3. The molecule has 0 spiro atoms. The Morgan fingerprint density at radius 3 is 2.34 bits per heavy atom. The van der Waals surface area contributed by atoms with Gasteiger partial charge in [-0.1, -0.05) is 18.2 Å². The molecule has 0 radical (unpaired) electrons. The first-order valence-electron chi connectivity index (χ1n) is 10.3. The normalized spacial score (nSPS) is 14.7. The van der Waals surface area contributed by atoms with Gasteiger partial charge in [0.1, 0.15) is 5.70 Å². The Bertz CT molecular complexity index is 1220. The molecule has 7 nitrogen and oxygen atoms in total. The SMILES string of the molecule is CCOC(=O)c1ccc(-n2c(C)cc(/C=C3\NC(=O)N(c4ccccc4)C3=O)c2C)cc1. The van der Waals surface area contributed by atoms with E-state index >= 15 is 0 Å². The largest absolute Gasteiger partial charge is 0.462 e. The van der Waals surface area contributed by atoms with E-state index in [0.29, 0.717) is 17.9 Å². The lowest BCUT2D eigenvalue weighted by Gasteiger charge is -2.11. The van der Waals surface area contributed by atoms with Crippen LogP contribution in [0.2, 0.25) is 0 Å². The third kappa shape index (κ3) is 3.80. The van der Waals surface area contributed by atoms with Crippen LogP contribution in [0.3, 0.4) is 0 Å². The highest BCUT2D eigenvalue weighted by Gasteiger charge is 2.34. The summed E-state index contributed by atoms with van der Waals surface area (Å²) in [7, 11) is 0. The Morgan fingerprint density at radius 1 is 1.00 bits per heavy atom. The first kappa shape index (κ1) is 21.1. The molecule has 1 aromatic heterocycles. The number of aryl methyl sites for hydroxylation is 1. The van der Waals surface area contributed by atoms with Gasteiger partial charge in [-0.05, 0) is 74.9 Å². The van der Waals surface area contributed by atoms with Gasteiger partial charge in [0.05, 0.1) is 17.9 Å². The van der Waals surface area contributed by atoms with Crippen molar-refractivity contribution in [1.82, 2.24) is 9.88 Å². The Hall–Kier alpha value is -4.13. The number of hydrogen-bond donors (Lipinski definition) is 1. The van der Waals surface area contributed by atoms with E-state index in [1.165, 1.54) is 0 Å². The maximum absolute atomic E-state index is 12.9. The van der Waals surface area contributed by atoms with Crippen LogP contribution in [0, 0.1) is 13.8 Å². The van der Waals surface area contributed by atoms with Gasteiger partial charge in [0.2, 0.25) is 0 Å². The molecule has 32 heavy (non-hydrogen) atoms. The smallest absolute Gasteiger partial charge is 0.338 e. The summed E-state index contributed by atoms with van der Waals surface area (Å²) in [5.74, 6) is -0.756. The summed E-state index contributed by atoms with van der Waals surface area (Å²) < 4.78 is 7.06. The summed E-state index contributed by atoms with van der Waals surface area (Å²) in [5.41, 5.74) is 4.78. The fourth-order valence-electron chi connectivity index (χ4n) is 3.79. The number of carbonyl (C=O) groups excluding carboxylic acids is 3. The number of urea groups is 1. The van der Waals surface area contributed by atoms with Crippen LogP contribution in [0.4, 0.5) is 10.5 Å². The minimum absolute atomic E-state index is 0.219. The van der Waals surface area contributed by atoms with Crippen LogP contribution in [-0.2, 0) is 9.53 Å². The molecule has 1 N–H and O–H groups in total. The molecular weight excluding hydrogens is 406 g/mol. The zero-order chi connectivity index (χ0) is 22.8. The maximum atomic E-state index is 12.9. The number of nitrogens with zero attached hydrogens (tertiary/aromatic N) is 2. The van der Waals surface area contributed by atoms with Gasteiger partial charge < -0.3 is 14.6 Å². The minimum Gasteiger partial charge on any atom is -0.462 e. The number of amides is 3. The van der Waals surface area contributed by atoms with Crippen molar-refractivity contribution < 1.29 is 19.1 Å². The molecule has 0 bridgehead atoms. The second-order valence-electron chi connectivity index (χ2n) is 7.39. The van der Waals surface area contributed by atoms with Gasteiger partial charge in [-0.3, -0.25) is 4.79 Å². The van der Waals surface area contributed by atoms with E-state index in [4.69, 9.17) is 4.74 Å². The summed E-state index contributed by atoms with van der Waals surface area (Å²) in [6, 6.07) is 17.4. The number of rotatable bonds is 5. The molecule has 1 aliphatic rings. The zero-order valence-corrected chi connectivity index (χ0v) is 18.1. The number of carbonyl (C=O) groups is 3. The summed E-state index contributed by atoms with van der Waals surface area (Å²) >= 11 is 0. The number of anilines is 1. The molecule has 3 amide bonds. The fourth-order valence-corrected chi connectivity index (χ4v) is 3.79. The van der Waals surface area contributed by atoms with Crippen LogP contribution in [-0.4, -0.2) is 29.1 Å². The molecule has 4 rings (SSSR count). The van der Waals surface area contributed by atoms with Crippen molar-refractivity contribution in [3.05, 3.63) is 88.9 Å². The summed E-state index contributed by atoms with van der Waals surface area (Å²) in [5, 5.41) is 2.67. The Balaban J connectivity index is 1.64. The lowest BCUT2D eigenvalue weighted by Crippen LogP contribution is -2.30. The van der Waals surface area contributed by atoms with E-state index in [1.807, 2.05) is 42.7 Å². The van der Waals surface area contributed by atoms with Gasteiger partial charge in [-0.25, -0.2) is 14.5 Å². The standard InChI is InChI=1S/C25H23N3O4/c1-4-32-24(30)18-10-12-21(13-11-18)27-16(2)14-19(17(27)3)15-22-23(29)28(25(31)26-22)20-8-6-5-7-9-20/h5-15H,4H2,1-3H3,(H,26,31)/b22-15-. The van der Waals surface area contributed by atoms with Crippen molar-refractivity contribution >= 4 is 29.7 Å². The second kappa shape index (κ2) is 8.55. The van der Waals surface area contributed by atoms with Crippen molar-refractivity contribution in [2.24, 2.45) is 0 Å². The van der Waals surface area contributed by atoms with Gasteiger partial charge in [0, 0.05) is 17.1 Å². The van der Waals surface area contributed by atoms with E-state index in [1.54, 1.807) is 49.4 Å². The predicted octanol–water partition coefficient (Wildman–Crippen LogP) is 4.37. The van der Waals surface area contributed by atoms with Gasteiger partial charge in [0.25, 0.3) is 5.91 Å². The first-order valence-corrected chi connectivity index (χ1v) is 10.3. The Kier molecular flexibility index (Phi) is 5.64. The second-order valence-corrected chi connectivity index (χ2v) is 7.39. The van der Waals surface area contributed by atoms with Gasteiger partial charge in [-0.15, -0.1) is 0 Å². The van der Waals surface area contributed by atoms with Gasteiger partial charge in [-0.2, -0.15) is 0 Å². The molecule has 1 saturated heterocycles. The summed E-state index contributed by atoms with van der Waals surface area (Å²) in [6.07, 6.45) is 1.69. The van der Waals surface area contributed by atoms with Crippen LogP contribution >= 0.6 is 0 Å². The quantitative estimate of drug-likeness (QED) is 0.371. The molecule has 1 fully saturated rings. The number of para-hydroxylation sites is 1. The molecule has 2 aromatic carbocycles. The molecule has 3 aromatic rings. The van der Waals surface area contributed by atoms with E-state index < -0.39 is 11.9 Å². The van der Waals surface area contributed by atoms with Crippen molar-refractivity contribution in [3.63, 3.8) is 0 Å². The number of imide groups is 1. The highest BCUT2D eigenvalue weighted by Crippen LogP contribution is 2.26. The molecular formula is C25H23N3O4. The molecule has 2 heterocycles.